The van der Waals surface area contributed by atoms with Crippen LogP contribution in [0.1, 0.15) is 0 Å². The Bertz CT molecular complexity index is 1120. The van der Waals surface area contributed by atoms with E-state index < -0.39 is 0 Å². The molecular weight excluding hydrogens is 351 g/mol. The molecule has 2 heterocycles. The molecule has 0 unspecified atom stereocenters. The van der Waals surface area contributed by atoms with Crippen LogP contribution in [0.4, 0.5) is 5.69 Å². The van der Waals surface area contributed by atoms with Crippen LogP contribution >= 0.6 is 0 Å². The number of nitrogens with one attached hydrogen (secondary N) is 1. The van der Waals surface area contributed by atoms with Crippen LogP contribution in [-0.4, -0.2) is 29.5 Å². The highest BCUT2D eigenvalue weighted by atomic mass is 16.5. The van der Waals surface area contributed by atoms with Crippen LogP contribution in [0, 0.1) is 0 Å². The number of para-hydroxylation sites is 2. The molecule has 1 aliphatic rings. The molecule has 0 saturated carbocycles. The standard InChI is InChI=1S/C21H17BN4O2/c1-26-20-10-2-3-11-21(20)28-22(26)16-7-5-9-18(13-16)27-17-8-4-6-15(12-17)19-14-23-25-24-19/h2-14H,1H3,(H,23,24,25). The van der Waals surface area contributed by atoms with Gasteiger partial charge in [0.05, 0.1) is 11.9 Å². The van der Waals surface area contributed by atoms with Gasteiger partial charge in [0.15, 0.2) is 0 Å². The highest BCUT2D eigenvalue weighted by molar-refractivity contribution is 6.73. The van der Waals surface area contributed by atoms with Crippen molar-refractivity contribution in [2.24, 2.45) is 0 Å². The summed E-state index contributed by atoms with van der Waals surface area (Å²) >= 11 is 0. The Morgan fingerprint density at radius 2 is 1.79 bits per heavy atom. The van der Waals surface area contributed by atoms with Gasteiger partial charge in [-0.1, -0.05) is 36.4 Å². The first-order valence-electron chi connectivity index (χ1n) is 9.00. The summed E-state index contributed by atoms with van der Waals surface area (Å²) in [6, 6.07) is 23.8. The summed E-state index contributed by atoms with van der Waals surface area (Å²) in [5.74, 6) is 2.38. The number of anilines is 1. The zero-order valence-corrected chi connectivity index (χ0v) is 15.2. The first-order valence-corrected chi connectivity index (χ1v) is 9.00. The van der Waals surface area contributed by atoms with E-state index in [0.29, 0.717) is 0 Å². The monoisotopic (exact) mass is 368 g/mol. The molecule has 0 aliphatic carbocycles. The van der Waals surface area contributed by atoms with Gasteiger partial charge in [0.2, 0.25) is 0 Å². The van der Waals surface area contributed by atoms with Crippen molar-refractivity contribution in [3.8, 4) is 28.5 Å². The lowest BCUT2D eigenvalue weighted by Crippen LogP contribution is -2.47. The minimum atomic E-state index is -0.178. The highest BCUT2D eigenvalue weighted by Gasteiger charge is 2.35. The van der Waals surface area contributed by atoms with Gasteiger partial charge in [-0.3, -0.25) is 0 Å². The van der Waals surface area contributed by atoms with E-state index in [1.54, 1.807) is 6.20 Å². The smallest absolute Gasteiger partial charge is 0.519 e. The second kappa shape index (κ2) is 6.77. The van der Waals surface area contributed by atoms with Crippen LogP contribution < -0.4 is 19.7 Å². The summed E-state index contributed by atoms with van der Waals surface area (Å²) in [4.78, 5) is 2.12. The number of fused-ring (bicyclic) bond motifs is 1. The summed E-state index contributed by atoms with van der Waals surface area (Å²) in [5, 5.41) is 10.6. The lowest BCUT2D eigenvalue weighted by molar-refractivity contribution is 0.483. The predicted octanol–water partition coefficient (Wildman–Crippen LogP) is 3.49. The summed E-state index contributed by atoms with van der Waals surface area (Å²) < 4.78 is 12.2. The van der Waals surface area contributed by atoms with E-state index in [9.17, 15) is 0 Å². The normalized spacial score (nSPS) is 12.6. The second-order valence-electron chi connectivity index (χ2n) is 6.61. The van der Waals surface area contributed by atoms with Crippen LogP contribution in [0.3, 0.4) is 0 Å². The number of aromatic nitrogens is 3. The highest BCUT2D eigenvalue weighted by Crippen LogP contribution is 2.34. The maximum atomic E-state index is 6.13. The molecule has 0 saturated heterocycles. The Hall–Kier alpha value is -3.74. The van der Waals surface area contributed by atoms with Crippen LogP contribution in [0.25, 0.3) is 11.3 Å². The number of nitrogens with zero attached hydrogens (tertiary/aromatic N) is 3. The van der Waals surface area contributed by atoms with Gasteiger partial charge >= 0.3 is 7.05 Å². The molecule has 0 radical (unpaired) electrons. The molecule has 0 spiro atoms. The van der Waals surface area contributed by atoms with E-state index >= 15 is 0 Å². The fourth-order valence-electron chi connectivity index (χ4n) is 3.39. The zero-order valence-electron chi connectivity index (χ0n) is 15.2. The number of H-pyrrole nitrogens is 1. The molecule has 0 fully saturated rings. The predicted molar refractivity (Wildman–Crippen MR) is 109 cm³/mol. The summed E-state index contributed by atoms with van der Waals surface area (Å²) in [5.41, 5.74) is 3.83. The number of hydrogen-bond acceptors (Lipinski definition) is 5. The van der Waals surface area contributed by atoms with Crippen LogP contribution in [0.2, 0.25) is 0 Å². The molecule has 7 heteroatoms. The topological polar surface area (TPSA) is 63.3 Å². The Labute approximate surface area is 162 Å². The molecule has 3 aromatic carbocycles. The fourth-order valence-corrected chi connectivity index (χ4v) is 3.39. The van der Waals surface area contributed by atoms with Gasteiger partial charge in [0.1, 0.15) is 22.9 Å². The lowest BCUT2D eigenvalue weighted by Gasteiger charge is -2.17. The van der Waals surface area contributed by atoms with Gasteiger partial charge in [-0.15, -0.1) is 0 Å². The largest absolute Gasteiger partial charge is 0.536 e. The average molecular weight is 368 g/mol. The van der Waals surface area contributed by atoms with Crippen LogP contribution in [-0.2, 0) is 0 Å². The van der Waals surface area contributed by atoms with Crippen molar-refractivity contribution in [3.63, 3.8) is 0 Å². The second-order valence-corrected chi connectivity index (χ2v) is 6.61. The Morgan fingerprint density at radius 1 is 0.964 bits per heavy atom. The van der Waals surface area contributed by atoms with E-state index in [2.05, 4.69) is 26.3 Å². The summed E-state index contributed by atoms with van der Waals surface area (Å²) in [7, 11) is 1.85. The van der Waals surface area contributed by atoms with E-state index in [-0.39, 0.29) is 7.05 Å². The molecule has 0 atom stereocenters. The number of ether oxygens (including phenoxy) is 1. The molecule has 1 aromatic heterocycles. The van der Waals surface area contributed by atoms with Crippen molar-refractivity contribution in [2.75, 3.05) is 11.9 Å². The van der Waals surface area contributed by atoms with Gasteiger partial charge in [-0.2, -0.15) is 15.4 Å². The quantitative estimate of drug-likeness (QED) is 0.559. The minimum Gasteiger partial charge on any atom is -0.536 e. The van der Waals surface area contributed by atoms with E-state index in [1.807, 2.05) is 73.8 Å². The van der Waals surface area contributed by atoms with Gasteiger partial charge in [0, 0.05) is 5.56 Å². The molecule has 136 valence electrons. The van der Waals surface area contributed by atoms with Gasteiger partial charge < -0.3 is 14.2 Å². The number of rotatable bonds is 4. The van der Waals surface area contributed by atoms with Gasteiger partial charge in [-0.05, 0) is 48.9 Å². The van der Waals surface area contributed by atoms with Crippen molar-refractivity contribution in [1.82, 2.24) is 15.4 Å². The number of hydrogen-bond donors (Lipinski definition) is 1. The number of aromatic amines is 1. The summed E-state index contributed by atoms with van der Waals surface area (Å²) in [6.45, 7) is 0. The maximum Gasteiger partial charge on any atom is 0.519 e. The van der Waals surface area contributed by atoms with Gasteiger partial charge in [-0.25, -0.2) is 0 Å². The molecule has 4 aromatic rings. The van der Waals surface area contributed by atoms with Crippen molar-refractivity contribution >= 4 is 18.2 Å². The van der Waals surface area contributed by atoms with Crippen molar-refractivity contribution in [1.29, 1.82) is 0 Å². The molecule has 1 N–H and O–H groups in total. The van der Waals surface area contributed by atoms with Gasteiger partial charge in [0.25, 0.3) is 0 Å². The van der Waals surface area contributed by atoms with Crippen molar-refractivity contribution < 1.29 is 9.39 Å². The first-order chi connectivity index (χ1) is 13.8. The first kappa shape index (κ1) is 16.4. The Kier molecular flexibility index (Phi) is 3.98. The van der Waals surface area contributed by atoms with Crippen LogP contribution in [0.15, 0.2) is 79.0 Å². The van der Waals surface area contributed by atoms with E-state index in [0.717, 1.165) is 39.7 Å². The molecule has 0 bridgehead atoms. The van der Waals surface area contributed by atoms with Crippen LogP contribution in [0.5, 0.6) is 17.2 Å². The SMILES string of the molecule is CN1B(c2cccc(Oc3cccc(-c4cn[nH]n4)c3)c2)Oc2ccccc21. The Balaban J connectivity index is 1.39. The molecule has 0 amide bonds. The molecule has 28 heavy (non-hydrogen) atoms. The van der Waals surface area contributed by atoms with E-state index in [4.69, 9.17) is 9.39 Å². The van der Waals surface area contributed by atoms with Crippen molar-refractivity contribution in [2.45, 2.75) is 0 Å². The lowest BCUT2D eigenvalue weighted by atomic mass is 9.72. The third-order valence-corrected chi connectivity index (χ3v) is 4.76. The maximum absolute atomic E-state index is 6.13. The van der Waals surface area contributed by atoms with E-state index in [1.165, 1.54) is 0 Å². The minimum absolute atomic E-state index is 0.178. The number of benzene rings is 3. The zero-order chi connectivity index (χ0) is 18.9. The molecule has 5 rings (SSSR count). The molecular formula is C21H17BN4O2. The molecule has 6 nitrogen and oxygen atoms in total. The average Bonchev–Trinajstić information content (AvgIpc) is 3.37. The van der Waals surface area contributed by atoms with Crippen molar-refractivity contribution in [3.05, 3.63) is 79.0 Å². The third-order valence-electron chi connectivity index (χ3n) is 4.76. The molecule has 1 aliphatic heterocycles. The fraction of sp³-hybridized carbons (Fsp3) is 0.0476. The Morgan fingerprint density at radius 3 is 2.61 bits per heavy atom. The third kappa shape index (κ3) is 2.97. The summed E-state index contributed by atoms with van der Waals surface area (Å²) in [6.07, 6.45) is 1.69.